The largest absolute Gasteiger partial charge is 0.411 e. The van der Waals surface area contributed by atoms with Crippen molar-refractivity contribution in [3.8, 4) is 0 Å². The Morgan fingerprint density at radius 3 is 2.31 bits per heavy atom. The summed E-state index contributed by atoms with van der Waals surface area (Å²) in [7, 11) is 0. The summed E-state index contributed by atoms with van der Waals surface area (Å²) < 4.78 is 39.8. The molecule has 0 radical (unpaired) electrons. The second-order valence-electron chi connectivity index (χ2n) is 4.22. The lowest BCUT2D eigenvalue weighted by Gasteiger charge is -2.21. The molecule has 2 nitrogen and oxygen atoms in total. The Morgan fingerprint density at radius 1 is 1.25 bits per heavy atom. The Balaban J connectivity index is 3.55. The lowest BCUT2D eigenvalue weighted by atomic mass is 9.99. The molecule has 0 amide bonds. The second-order valence-corrected chi connectivity index (χ2v) is 4.22. The summed E-state index contributed by atoms with van der Waals surface area (Å²) in [5.74, 6) is 0.488. The maximum atomic E-state index is 11.8. The van der Waals surface area contributed by atoms with Gasteiger partial charge in [-0.2, -0.15) is 13.2 Å². The highest BCUT2D eigenvalue weighted by Crippen LogP contribution is 2.15. The number of rotatable bonds is 8. The minimum Gasteiger partial charge on any atom is -0.372 e. The van der Waals surface area contributed by atoms with Gasteiger partial charge in [0.05, 0.1) is 0 Å². The van der Waals surface area contributed by atoms with Crippen LogP contribution >= 0.6 is 0 Å². The molecule has 0 rings (SSSR count). The molecule has 0 aliphatic rings. The number of alkyl halides is 3. The van der Waals surface area contributed by atoms with Crippen LogP contribution in [0.4, 0.5) is 13.2 Å². The molecule has 1 N–H and O–H groups in total. The van der Waals surface area contributed by atoms with Crippen LogP contribution in [0.5, 0.6) is 0 Å². The zero-order valence-corrected chi connectivity index (χ0v) is 10.2. The van der Waals surface area contributed by atoms with Crippen molar-refractivity contribution in [2.45, 2.75) is 45.8 Å². The topological polar surface area (TPSA) is 21.3 Å². The number of halogens is 3. The van der Waals surface area contributed by atoms with Gasteiger partial charge in [0.25, 0.3) is 0 Å². The fourth-order valence-corrected chi connectivity index (χ4v) is 1.53. The number of nitrogens with one attached hydrogen (secondary N) is 1. The molecule has 0 aliphatic heterocycles. The van der Waals surface area contributed by atoms with Crippen LogP contribution in [0.15, 0.2) is 0 Å². The van der Waals surface area contributed by atoms with E-state index in [1.54, 1.807) is 0 Å². The second kappa shape index (κ2) is 7.90. The quantitative estimate of drug-likeness (QED) is 0.660. The molecule has 0 spiro atoms. The van der Waals surface area contributed by atoms with Gasteiger partial charge in [0.1, 0.15) is 6.61 Å². The van der Waals surface area contributed by atoms with Crippen LogP contribution in [0.2, 0.25) is 0 Å². The van der Waals surface area contributed by atoms with Crippen LogP contribution in [0.1, 0.15) is 33.6 Å². The van der Waals surface area contributed by atoms with Crippen molar-refractivity contribution in [2.75, 3.05) is 19.8 Å². The van der Waals surface area contributed by atoms with E-state index in [-0.39, 0.29) is 6.61 Å². The summed E-state index contributed by atoms with van der Waals surface area (Å²) in [6, 6.07) is 0.361. The number of hydrogen-bond acceptors (Lipinski definition) is 2. The zero-order chi connectivity index (χ0) is 12.6. The average Bonchev–Trinajstić information content (AvgIpc) is 2.13. The fourth-order valence-electron chi connectivity index (χ4n) is 1.53. The molecule has 0 aromatic carbocycles. The van der Waals surface area contributed by atoms with Crippen molar-refractivity contribution in [1.82, 2.24) is 5.32 Å². The van der Waals surface area contributed by atoms with Crippen molar-refractivity contribution in [3.63, 3.8) is 0 Å². The average molecular weight is 241 g/mol. The molecule has 0 aromatic rings. The van der Waals surface area contributed by atoms with Crippen LogP contribution in [0.3, 0.4) is 0 Å². The van der Waals surface area contributed by atoms with Gasteiger partial charge < -0.3 is 10.1 Å². The monoisotopic (exact) mass is 241 g/mol. The van der Waals surface area contributed by atoms with Crippen molar-refractivity contribution >= 4 is 0 Å². The van der Waals surface area contributed by atoms with Gasteiger partial charge in [0.15, 0.2) is 0 Å². The van der Waals surface area contributed by atoms with E-state index in [0.717, 1.165) is 13.0 Å². The standard InChI is InChI=1S/C11H22F3NO/c1-4-15-10(9(2)3)6-5-7-16-8-11(12,13)14/h9-10,15H,4-8H2,1-3H3. The molecule has 0 fully saturated rings. The highest BCUT2D eigenvalue weighted by Gasteiger charge is 2.27. The summed E-state index contributed by atoms with van der Waals surface area (Å²) in [4.78, 5) is 0. The van der Waals surface area contributed by atoms with Crippen molar-refractivity contribution in [1.29, 1.82) is 0 Å². The van der Waals surface area contributed by atoms with Crippen LogP contribution in [0, 0.1) is 5.92 Å². The third kappa shape index (κ3) is 8.97. The Kier molecular flexibility index (Phi) is 7.76. The molecule has 0 aromatic heterocycles. The minimum absolute atomic E-state index is 0.175. The summed E-state index contributed by atoms with van der Waals surface area (Å²) in [5, 5.41) is 3.31. The highest BCUT2D eigenvalue weighted by molar-refractivity contribution is 4.69. The molecular formula is C11H22F3NO. The smallest absolute Gasteiger partial charge is 0.372 e. The van der Waals surface area contributed by atoms with Gasteiger partial charge in [0, 0.05) is 12.6 Å². The molecule has 0 saturated heterocycles. The fraction of sp³-hybridized carbons (Fsp3) is 1.00. The summed E-state index contributed by atoms with van der Waals surface area (Å²) in [6.45, 7) is 6.14. The molecule has 0 bridgehead atoms. The third-order valence-electron chi connectivity index (χ3n) is 2.34. The SMILES string of the molecule is CCNC(CCCOCC(F)(F)F)C(C)C. The summed E-state index contributed by atoms with van der Waals surface area (Å²) >= 11 is 0. The highest BCUT2D eigenvalue weighted by atomic mass is 19.4. The molecule has 0 heterocycles. The predicted octanol–water partition coefficient (Wildman–Crippen LogP) is 2.98. The Morgan fingerprint density at radius 2 is 1.88 bits per heavy atom. The van der Waals surface area contributed by atoms with Crippen molar-refractivity contribution in [3.05, 3.63) is 0 Å². The van der Waals surface area contributed by atoms with Gasteiger partial charge in [-0.1, -0.05) is 20.8 Å². The van der Waals surface area contributed by atoms with Crippen LogP contribution in [-0.4, -0.2) is 32.0 Å². The third-order valence-corrected chi connectivity index (χ3v) is 2.34. The van der Waals surface area contributed by atoms with Crippen molar-refractivity contribution < 1.29 is 17.9 Å². The summed E-state index contributed by atoms with van der Waals surface area (Å²) in [6.07, 6.45) is -2.70. The lowest BCUT2D eigenvalue weighted by Crippen LogP contribution is -2.33. The Labute approximate surface area is 95.5 Å². The van der Waals surface area contributed by atoms with Gasteiger partial charge in [-0.25, -0.2) is 0 Å². The molecule has 98 valence electrons. The van der Waals surface area contributed by atoms with E-state index in [0.29, 0.717) is 18.4 Å². The minimum atomic E-state index is -4.21. The zero-order valence-electron chi connectivity index (χ0n) is 10.2. The number of ether oxygens (including phenoxy) is 1. The van der Waals surface area contributed by atoms with E-state index < -0.39 is 12.8 Å². The van der Waals surface area contributed by atoms with E-state index in [4.69, 9.17) is 0 Å². The van der Waals surface area contributed by atoms with Crippen LogP contribution < -0.4 is 5.32 Å². The predicted molar refractivity (Wildman–Crippen MR) is 58.4 cm³/mol. The molecule has 5 heteroatoms. The molecule has 16 heavy (non-hydrogen) atoms. The molecule has 0 aliphatic carbocycles. The van der Waals surface area contributed by atoms with E-state index in [2.05, 4.69) is 23.9 Å². The van der Waals surface area contributed by atoms with E-state index in [1.807, 2.05) is 6.92 Å². The molecule has 0 saturated carbocycles. The van der Waals surface area contributed by atoms with Gasteiger partial charge in [-0.15, -0.1) is 0 Å². The molecule has 1 atom stereocenters. The van der Waals surface area contributed by atoms with E-state index >= 15 is 0 Å². The van der Waals surface area contributed by atoms with E-state index in [1.165, 1.54) is 0 Å². The molecule has 1 unspecified atom stereocenters. The lowest BCUT2D eigenvalue weighted by molar-refractivity contribution is -0.174. The van der Waals surface area contributed by atoms with Crippen LogP contribution in [0.25, 0.3) is 0 Å². The summed E-state index contributed by atoms with van der Waals surface area (Å²) in [5.41, 5.74) is 0. The first-order chi connectivity index (χ1) is 7.37. The van der Waals surface area contributed by atoms with Gasteiger partial charge in [0.2, 0.25) is 0 Å². The van der Waals surface area contributed by atoms with Gasteiger partial charge in [-0.05, 0) is 25.3 Å². The Bertz CT molecular complexity index is 171. The normalized spacial score (nSPS) is 14.4. The maximum absolute atomic E-state index is 11.8. The van der Waals surface area contributed by atoms with Crippen LogP contribution in [-0.2, 0) is 4.74 Å². The van der Waals surface area contributed by atoms with Gasteiger partial charge >= 0.3 is 6.18 Å². The first kappa shape index (κ1) is 15.7. The molecular weight excluding hydrogens is 219 g/mol. The van der Waals surface area contributed by atoms with E-state index in [9.17, 15) is 13.2 Å². The van der Waals surface area contributed by atoms with Gasteiger partial charge in [-0.3, -0.25) is 0 Å². The van der Waals surface area contributed by atoms with Crippen molar-refractivity contribution in [2.24, 2.45) is 5.92 Å². The maximum Gasteiger partial charge on any atom is 0.411 e. The first-order valence-electron chi connectivity index (χ1n) is 5.74. The Hall–Kier alpha value is -0.290. The first-order valence-corrected chi connectivity index (χ1v) is 5.74. The number of hydrogen-bond donors (Lipinski definition) is 1.